The summed E-state index contributed by atoms with van der Waals surface area (Å²) in [5.41, 5.74) is 0. The van der Waals surface area contributed by atoms with Gasteiger partial charge < -0.3 is 4.74 Å². The summed E-state index contributed by atoms with van der Waals surface area (Å²) in [7, 11) is 0. The Bertz CT molecular complexity index is 443. The van der Waals surface area contributed by atoms with Crippen molar-refractivity contribution in [1.82, 2.24) is 9.55 Å². The lowest BCUT2D eigenvalue weighted by atomic mass is 9.89. The summed E-state index contributed by atoms with van der Waals surface area (Å²) >= 11 is 0. The van der Waals surface area contributed by atoms with E-state index in [0.717, 1.165) is 31.5 Å². The maximum absolute atomic E-state index is 12.3. The van der Waals surface area contributed by atoms with Crippen molar-refractivity contribution < 1.29 is 9.53 Å². The second-order valence-electron chi connectivity index (χ2n) is 6.13. The molecule has 1 heterocycles. The molecule has 2 saturated carbocycles. The summed E-state index contributed by atoms with van der Waals surface area (Å²) in [6.07, 6.45) is 15.1. The van der Waals surface area contributed by atoms with E-state index in [1.165, 1.54) is 38.5 Å². The van der Waals surface area contributed by atoms with Gasteiger partial charge in [0.1, 0.15) is 11.9 Å². The van der Waals surface area contributed by atoms with Gasteiger partial charge in [-0.05, 0) is 38.5 Å². The number of hydrogen-bond donors (Lipinski definition) is 0. The van der Waals surface area contributed by atoms with E-state index in [-0.39, 0.29) is 12.2 Å². The number of ether oxygens (including phenoxy) is 1. The Balaban J connectivity index is 1.66. The van der Waals surface area contributed by atoms with Crippen LogP contribution >= 0.6 is 0 Å². The standard InChI is InChI=1S/C16H24N2O2/c19-16(20-14-9-5-2-6-10-14)18-12-11-17-15(18)13-7-3-1-4-8-13/h11-14H,1-10H2. The van der Waals surface area contributed by atoms with Crippen molar-refractivity contribution in [3.8, 4) is 0 Å². The Morgan fingerprint density at radius 1 is 1.05 bits per heavy atom. The zero-order valence-corrected chi connectivity index (χ0v) is 12.1. The summed E-state index contributed by atoms with van der Waals surface area (Å²) < 4.78 is 7.29. The predicted octanol–water partition coefficient (Wildman–Crippen LogP) is 4.25. The molecule has 1 aromatic heterocycles. The van der Waals surface area contributed by atoms with Gasteiger partial charge in [0.25, 0.3) is 0 Å². The number of hydrogen-bond acceptors (Lipinski definition) is 3. The molecule has 1 aromatic rings. The first-order valence-corrected chi connectivity index (χ1v) is 8.09. The Morgan fingerprint density at radius 2 is 1.70 bits per heavy atom. The average molecular weight is 276 g/mol. The lowest BCUT2D eigenvalue weighted by Gasteiger charge is -2.24. The fraction of sp³-hybridized carbons (Fsp3) is 0.750. The highest BCUT2D eigenvalue weighted by Crippen LogP contribution is 2.32. The topological polar surface area (TPSA) is 44.1 Å². The van der Waals surface area contributed by atoms with Gasteiger partial charge in [-0.2, -0.15) is 0 Å². The van der Waals surface area contributed by atoms with Crippen LogP contribution in [0.3, 0.4) is 0 Å². The van der Waals surface area contributed by atoms with E-state index >= 15 is 0 Å². The molecule has 2 aliphatic carbocycles. The minimum Gasteiger partial charge on any atom is -0.446 e. The molecule has 0 radical (unpaired) electrons. The number of carbonyl (C=O) groups excluding carboxylic acids is 1. The van der Waals surface area contributed by atoms with Crippen LogP contribution in [0.4, 0.5) is 4.79 Å². The molecule has 3 rings (SSSR count). The molecule has 20 heavy (non-hydrogen) atoms. The Labute approximate surface area is 120 Å². The zero-order chi connectivity index (χ0) is 13.8. The molecule has 0 amide bonds. The first-order valence-electron chi connectivity index (χ1n) is 8.09. The van der Waals surface area contributed by atoms with Gasteiger partial charge in [0.2, 0.25) is 0 Å². The third kappa shape index (κ3) is 3.05. The molecule has 4 nitrogen and oxygen atoms in total. The highest BCUT2D eigenvalue weighted by atomic mass is 16.6. The molecule has 0 saturated heterocycles. The minimum absolute atomic E-state index is 0.109. The molecule has 0 atom stereocenters. The van der Waals surface area contributed by atoms with Crippen molar-refractivity contribution in [3.63, 3.8) is 0 Å². The summed E-state index contributed by atoms with van der Waals surface area (Å²) in [5, 5.41) is 0. The average Bonchev–Trinajstić information content (AvgIpc) is 2.99. The quantitative estimate of drug-likeness (QED) is 0.811. The van der Waals surface area contributed by atoms with Crippen LogP contribution in [0.5, 0.6) is 0 Å². The molecule has 0 bridgehead atoms. The number of carbonyl (C=O) groups is 1. The van der Waals surface area contributed by atoms with Gasteiger partial charge in [-0.25, -0.2) is 14.3 Å². The van der Waals surface area contributed by atoms with E-state index in [9.17, 15) is 4.79 Å². The molecule has 0 N–H and O–H groups in total. The third-order valence-corrected chi connectivity index (χ3v) is 4.66. The molecular formula is C16H24N2O2. The third-order valence-electron chi connectivity index (χ3n) is 4.66. The van der Waals surface area contributed by atoms with E-state index in [1.54, 1.807) is 17.0 Å². The van der Waals surface area contributed by atoms with Crippen molar-refractivity contribution in [2.75, 3.05) is 0 Å². The van der Waals surface area contributed by atoms with Crippen molar-refractivity contribution >= 4 is 6.09 Å². The summed E-state index contributed by atoms with van der Waals surface area (Å²) in [5.74, 6) is 1.34. The Morgan fingerprint density at radius 3 is 2.40 bits per heavy atom. The predicted molar refractivity (Wildman–Crippen MR) is 76.8 cm³/mol. The van der Waals surface area contributed by atoms with Crippen LogP contribution in [0.15, 0.2) is 12.4 Å². The second kappa shape index (κ2) is 6.42. The molecule has 110 valence electrons. The first-order chi connectivity index (χ1) is 9.84. The summed E-state index contributed by atoms with van der Waals surface area (Å²) in [6.45, 7) is 0. The van der Waals surface area contributed by atoms with Crippen LogP contribution in [-0.4, -0.2) is 21.7 Å². The molecule has 0 aromatic carbocycles. The molecule has 0 spiro atoms. The lowest BCUT2D eigenvalue weighted by molar-refractivity contribution is 0.0755. The van der Waals surface area contributed by atoms with Gasteiger partial charge >= 0.3 is 6.09 Å². The number of nitrogens with zero attached hydrogens (tertiary/aromatic N) is 2. The lowest BCUT2D eigenvalue weighted by Crippen LogP contribution is -2.26. The normalized spacial score (nSPS) is 21.8. The van der Waals surface area contributed by atoms with Crippen molar-refractivity contribution in [2.45, 2.75) is 76.2 Å². The van der Waals surface area contributed by atoms with E-state index in [1.807, 2.05) is 0 Å². The maximum atomic E-state index is 12.3. The monoisotopic (exact) mass is 276 g/mol. The van der Waals surface area contributed by atoms with Crippen molar-refractivity contribution in [1.29, 1.82) is 0 Å². The second-order valence-corrected chi connectivity index (χ2v) is 6.13. The van der Waals surface area contributed by atoms with E-state index in [4.69, 9.17) is 4.74 Å². The molecule has 2 fully saturated rings. The van der Waals surface area contributed by atoms with Gasteiger partial charge in [0, 0.05) is 18.3 Å². The highest BCUT2D eigenvalue weighted by Gasteiger charge is 2.25. The molecule has 2 aliphatic rings. The molecule has 4 heteroatoms. The highest BCUT2D eigenvalue weighted by molar-refractivity contribution is 5.71. The van der Waals surface area contributed by atoms with Gasteiger partial charge in [-0.3, -0.25) is 0 Å². The van der Waals surface area contributed by atoms with Crippen LogP contribution in [0.25, 0.3) is 0 Å². The Hall–Kier alpha value is -1.32. The van der Waals surface area contributed by atoms with Crippen LogP contribution in [0.2, 0.25) is 0 Å². The minimum atomic E-state index is -0.227. The first kappa shape index (κ1) is 13.7. The van der Waals surface area contributed by atoms with Crippen molar-refractivity contribution in [2.24, 2.45) is 0 Å². The van der Waals surface area contributed by atoms with Gasteiger partial charge in [-0.1, -0.05) is 25.7 Å². The number of rotatable bonds is 2. The van der Waals surface area contributed by atoms with E-state index in [2.05, 4.69) is 4.98 Å². The zero-order valence-electron chi connectivity index (χ0n) is 12.1. The van der Waals surface area contributed by atoms with Gasteiger partial charge in [0.05, 0.1) is 0 Å². The summed E-state index contributed by atoms with van der Waals surface area (Å²) in [6, 6.07) is 0. The largest absolute Gasteiger partial charge is 0.446 e. The molecule has 0 aliphatic heterocycles. The Kier molecular flexibility index (Phi) is 4.38. The van der Waals surface area contributed by atoms with Crippen molar-refractivity contribution in [3.05, 3.63) is 18.2 Å². The fourth-order valence-electron chi connectivity index (χ4n) is 3.51. The number of aromatic nitrogens is 2. The van der Waals surface area contributed by atoms with E-state index < -0.39 is 0 Å². The van der Waals surface area contributed by atoms with E-state index in [0.29, 0.717) is 5.92 Å². The molecular weight excluding hydrogens is 252 g/mol. The van der Waals surface area contributed by atoms with Gasteiger partial charge in [0.15, 0.2) is 0 Å². The van der Waals surface area contributed by atoms with Crippen LogP contribution < -0.4 is 0 Å². The summed E-state index contributed by atoms with van der Waals surface area (Å²) in [4.78, 5) is 16.8. The SMILES string of the molecule is O=C(OC1CCCCC1)n1ccnc1C1CCCCC1. The molecule has 0 unspecified atom stereocenters. The van der Waals surface area contributed by atoms with Crippen LogP contribution in [0, 0.1) is 0 Å². The van der Waals surface area contributed by atoms with Crippen LogP contribution in [-0.2, 0) is 4.74 Å². The van der Waals surface area contributed by atoms with Gasteiger partial charge in [-0.15, -0.1) is 0 Å². The smallest absolute Gasteiger partial charge is 0.419 e. The van der Waals surface area contributed by atoms with Crippen LogP contribution in [0.1, 0.15) is 76.0 Å². The number of imidazole rings is 1. The fourth-order valence-corrected chi connectivity index (χ4v) is 3.51. The maximum Gasteiger partial charge on any atom is 0.419 e.